The molecule has 0 atom stereocenters. The van der Waals surface area contributed by atoms with Crippen LogP contribution in [0.5, 0.6) is 0 Å². The van der Waals surface area contributed by atoms with Crippen LogP contribution in [0.2, 0.25) is 19.6 Å². The lowest BCUT2D eigenvalue weighted by molar-refractivity contribution is -0.0508. The summed E-state index contributed by atoms with van der Waals surface area (Å²) in [5.74, 6) is 0. The molecule has 3 rings (SSSR count). The highest BCUT2D eigenvalue weighted by molar-refractivity contribution is 6.69. The molecule has 1 aliphatic rings. The summed E-state index contributed by atoms with van der Waals surface area (Å²) < 4.78 is 7.17. The molecular weight excluding hydrogens is 398 g/mol. The van der Waals surface area contributed by atoms with Gasteiger partial charge in [-0.3, -0.25) is 4.90 Å². The third-order valence-corrected chi connectivity index (χ3v) is 6.60. The van der Waals surface area contributed by atoms with Gasteiger partial charge in [0.1, 0.15) is 0 Å². The molecule has 0 bridgehead atoms. The molecule has 1 fully saturated rings. The van der Waals surface area contributed by atoms with Gasteiger partial charge in [0.05, 0.1) is 0 Å². The van der Waals surface area contributed by atoms with Crippen molar-refractivity contribution in [3.63, 3.8) is 0 Å². The predicted molar refractivity (Wildman–Crippen MR) is 134 cm³/mol. The molecule has 0 N–H and O–H groups in total. The number of nitrogens with zero attached hydrogens (tertiary/aromatic N) is 3. The van der Waals surface area contributed by atoms with Crippen LogP contribution in [0.25, 0.3) is 0 Å². The summed E-state index contributed by atoms with van der Waals surface area (Å²) in [6, 6.07) is 18.3. The molecule has 1 aliphatic heterocycles. The summed E-state index contributed by atoms with van der Waals surface area (Å²) in [6.45, 7) is 11.0. The largest absolute Gasteiger partial charge is 0.393 e. The molecule has 0 amide bonds. The second-order valence-electron chi connectivity index (χ2n) is 10.4. The number of likely N-dealkylation sites (tertiary alicyclic amines) is 1. The van der Waals surface area contributed by atoms with Gasteiger partial charge in [-0.1, -0.05) is 48.5 Å². The average molecular weight is 440 g/mol. The van der Waals surface area contributed by atoms with Crippen molar-refractivity contribution in [2.45, 2.75) is 51.3 Å². The summed E-state index contributed by atoms with van der Waals surface area (Å²) in [6.07, 6.45) is 2.46. The summed E-state index contributed by atoms with van der Waals surface area (Å²) in [7, 11) is 6.60. The van der Waals surface area contributed by atoms with E-state index in [9.17, 15) is 0 Å². The van der Waals surface area contributed by atoms with E-state index >= 15 is 0 Å². The summed E-state index contributed by atoms with van der Waals surface area (Å²) in [5.41, 5.74) is 4.64. The Hall–Kier alpha value is -1.50. The minimum absolute atomic E-state index is 0.520. The normalized spacial score (nSPS) is 15.9. The molecule has 170 valence electrons. The van der Waals surface area contributed by atoms with Crippen LogP contribution in [-0.2, 0) is 23.2 Å². The van der Waals surface area contributed by atoms with Crippen molar-refractivity contribution in [1.29, 1.82) is 0 Å². The van der Waals surface area contributed by atoms with Crippen molar-refractivity contribution < 1.29 is 4.43 Å². The number of hydrogen-bond donors (Lipinski definition) is 0. The Morgan fingerprint density at radius 1 is 0.742 bits per heavy atom. The van der Waals surface area contributed by atoms with E-state index in [4.69, 9.17) is 4.43 Å². The highest BCUT2D eigenvalue weighted by Gasteiger charge is 2.45. The quantitative estimate of drug-likeness (QED) is 0.514. The van der Waals surface area contributed by atoms with Crippen LogP contribution in [0.1, 0.15) is 35.1 Å². The zero-order valence-corrected chi connectivity index (χ0v) is 21.6. The molecule has 0 radical (unpaired) electrons. The fourth-order valence-electron chi connectivity index (χ4n) is 4.59. The summed E-state index contributed by atoms with van der Waals surface area (Å²) in [5, 5.41) is 0. The maximum absolute atomic E-state index is 7.17. The molecule has 2 aromatic rings. The monoisotopic (exact) mass is 439 g/mol. The lowest BCUT2D eigenvalue weighted by Crippen LogP contribution is -2.52. The molecule has 0 spiro atoms. The second-order valence-corrected chi connectivity index (χ2v) is 14.9. The van der Waals surface area contributed by atoms with Crippen molar-refractivity contribution in [1.82, 2.24) is 14.7 Å². The lowest BCUT2D eigenvalue weighted by Gasteiger charge is -2.46. The van der Waals surface area contributed by atoms with Crippen LogP contribution in [0.3, 0.4) is 0 Å². The van der Waals surface area contributed by atoms with Gasteiger partial charge in [-0.15, -0.1) is 0 Å². The molecular formula is C26H41N3OSi. The smallest absolute Gasteiger partial charge is 0.187 e. The molecule has 0 aromatic heterocycles. The summed E-state index contributed by atoms with van der Waals surface area (Å²) in [4.78, 5) is 7.00. The van der Waals surface area contributed by atoms with E-state index < -0.39 is 14.0 Å². The van der Waals surface area contributed by atoms with Crippen molar-refractivity contribution >= 4 is 8.32 Å². The van der Waals surface area contributed by atoms with Gasteiger partial charge < -0.3 is 14.2 Å². The number of benzene rings is 2. The molecule has 1 saturated heterocycles. The van der Waals surface area contributed by atoms with Crippen LogP contribution in [-0.4, -0.2) is 64.3 Å². The first kappa shape index (κ1) is 24.1. The second kappa shape index (κ2) is 9.97. The lowest BCUT2D eigenvalue weighted by atomic mass is 9.91. The van der Waals surface area contributed by atoms with Gasteiger partial charge >= 0.3 is 0 Å². The maximum Gasteiger partial charge on any atom is 0.187 e. The zero-order valence-electron chi connectivity index (χ0n) is 20.6. The van der Waals surface area contributed by atoms with E-state index in [2.05, 4.69) is 111 Å². The van der Waals surface area contributed by atoms with Crippen molar-refractivity contribution in [3.05, 3.63) is 70.8 Å². The first-order valence-corrected chi connectivity index (χ1v) is 14.9. The van der Waals surface area contributed by atoms with Gasteiger partial charge in [0.15, 0.2) is 14.0 Å². The maximum atomic E-state index is 7.17. The van der Waals surface area contributed by atoms with Crippen LogP contribution in [0, 0.1) is 0 Å². The SMILES string of the molecule is CN(C)Cc1ccc(C(O[Si](C)(C)C)(c2ccc(CN(C)C)cc2)N2CCCC2)cc1. The third kappa shape index (κ3) is 6.05. The Kier molecular flexibility index (Phi) is 7.76. The van der Waals surface area contributed by atoms with Gasteiger partial charge in [-0.2, -0.15) is 0 Å². The number of hydrogen-bond acceptors (Lipinski definition) is 4. The van der Waals surface area contributed by atoms with E-state index in [-0.39, 0.29) is 0 Å². The highest BCUT2D eigenvalue weighted by Crippen LogP contribution is 2.42. The molecule has 0 unspecified atom stereocenters. The Bertz CT molecular complexity index is 766. The van der Waals surface area contributed by atoms with Crippen LogP contribution in [0.15, 0.2) is 48.5 Å². The van der Waals surface area contributed by atoms with Gasteiger partial charge in [0.2, 0.25) is 0 Å². The van der Waals surface area contributed by atoms with Crippen LogP contribution < -0.4 is 0 Å². The van der Waals surface area contributed by atoms with Gasteiger partial charge in [0.25, 0.3) is 0 Å². The Morgan fingerprint density at radius 3 is 1.45 bits per heavy atom. The van der Waals surface area contributed by atoms with E-state index in [0.717, 1.165) is 26.2 Å². The first-order valence-electron chi connectivity index (χ1n) is 11.5. The molecule has 0 aliphatic carbocycles. The predicted octanol–water partition coefficient (Wildman–Crippen LogP) is 4.96. The van der Waals surface area contributed by atoms with Gasteiger partial charge in [0, 0.05) is 37.3 Å². The standard InChI is InChI=1S/C26H41N3OSi/c1-27(2)20-22-10-14-24(15-11-22)26(30-31(5,6)7,29-18-8-9-19-29)25-16-12-23(13-17-25)21-28(3)4/h10-17H,8-9,18-21H2,1-7H3. The van der Waals surface area contributed by atoms with E-state index in [1.807, 2.05) is 0 Å². The first-order chi connectivity index (χ1) is 14.6. The molecule has 5 heteroatoms. The molecule has 2 aromatic carbocycles. The Balaban J connectivity index is 2.11. The fourth-order valence-corrected chi connectivity index (χ4v) is 5.84. The number of rotatable bonds is 9. The van der Waals surface area contributed by atoms with Crippen LogP contribution in [0.4, 0.5) is 0 Å². The topological polar surface area (TPSA) is 19.0 Å². The summed E-state index contributed by atoms with van der Waals surface area (Å²) >= 11 is 0. The average Bonchev–Trinajstić information content (AvgIpc) is 3.21. The Morgan fingerprint density at radius 2 is 1.13 bits per heavy atom. The molecule has 31 heavy (non-hydrogen) atoms. The molecule has 0 saturated carbocycles. The van der Waals surface area contributed by atoms with Gasteiger partial charge in [-0.05, 0) is 71.8 Å². The Labute approximate surface area is 190 Å². The molecule has 1 heterocycles. The van der Waals surface area contributed by atoms with Crippen LogP contribution >= 0.6 is 0 Å². The minimum Gasteiger partial charge on any atom is -0.393 e. The van der Waals surface area contributed by atoms with Gasteiger partial charge in [-0.25, -0.2) is 0 Å². The fraction of sp³-hybridized carbons (Fsp3) is 0.538. The van der Waals surface area contributed by atoms with Crippen molar-refractivity contribution in [2.24, 2.45) is 0 Å². The minimum atomic E-state index is -1.86. The zero-order chi connectivity index (χ0) is 22.6. The van der Waals surface area contributed by atoms with E-state index in [1.54, 1.807) is 0 Å². The van der Waals surface area contributed by atoms with E-state index in [0.29, 0.717) is 0 Å². The highest BCUT2D eigenvalue weighted by atomic mass is 28.4. The van der Waals surface area contributed by atoms with Crippen molar-refractivity contribution in [2.75, 3.05) is 41.3 Å². The van der Waals surface area contributed by atoms with Crippen molar-refractivity contribution in [3.8, 4) is 0 Å². The third-order valence-electron chi connectivity index (χ3n) is 5.69. The van der Waals surface area contributed by atoms with E-state index in [1.165, 1.54) is 35.1 Å². The molecule has 4 nitrogen and oxygen atoms in total.